The highest BCUT2D eigenvalue weighted by molar-refractivity contribution is 9.10. The topological polar surface area (TPSA) is 59.1 Å². The molecular weight excluding hydrogens is 292 g/mol. The quantitative estimate of drug-likeness (QED) is 0.781. The number of aromatic amines is 1. The Morgan fingerprint density at radius 2 is 2.28 bits per heavy atom. The normalized spacial score (nSPS) is 11.7. The second-order valence-electron chi connectivity index (χ2n) is 4.38. The van der Waals surface area contributed by atoms with Gasteiger partial charge in [-0.25, -0.2) is 4.98 Å². The molecule has 0 amide bonds. The number of imidazole rings is 2. The van der Waals surface area contributed by atoms with Crippen molar-refractivity contribution in [2.45, 2.75) is 19.8 Å². The van der Waals surface area contributed by atoms with Gasteiger partial charge >= 0.3 is 0 Å². The molecule has 4 nitrogen and oxygen atoms in total. The third-order valence-corrected chi connectivity index (χ3v) is 4.06. The maximum absolute atomic E-state index is 5.60. The highest BCUT2D eigenvalue weighted by Crippen LogP contribution is 2.25. The molecule has 0 saturated carbocycles. The Labute approximate surface area is 113 Å². The Morgan fingerprint density at radius 3 is 3.00 bits per heavy atom. The lowest BCUT2D eigenvalue weighted by Crippen LogP contribution is -2.03. The SMILES string of the molecule is CCc1ccc2c(c1)nc1[nH]c(CCN)c(Br)n12. The molecule has 2 heterocycles. The molecule has 0 unspecified atom stereocenters. The van der Waals surface area contributed by atoms with Gasteiger partial charge in [0.1, 0.15) is 4.60 Å². The van der Waals surface area contributed by atoms with Crippen LogP contribution in [0, 0.1) is 0 Å². The molecule has 2 aromatic heterocycles. The Balaban J connectivity index is 2.27. The molecule has 3 aromatic rings. The largest absolute Gasteiger partial charge is 0.330 e. The number of hydrogen-bond acceptors (Lipinski definition) is 2. The number of aryl methyl sites for hydroxylation is 1. The summed E-state index contributed by atoms with van der Waals surface area (Å²) in [5, 5.41) is 0. The second-order valence-corrected chi connectivity index (χ2v) is 5.13. The van der Waals surface area contributed by atoms with Gasteiger partial charge in [0.05, 0.1) is 16.7 Å². The molecule has 18 heavy (non-hydrogen) atoms. The molecule has 3 N–H and O–H groups in total. The average molecular weight is 307 g/mol. The molecule has 0 aliphatic rings. The fourth-order valence-corrected chi connectivity index (χ4v) is 2.92. The summed E-state index contributed by atoms with van der Waals surface area (Å²) in [5.74, 6) is 0.869. The van der Waals surface area contributed by atoms with Crippen LogP contribution in [0.3, 0.4) is 0 Å². The molecule has 1 aromatic carbocycles. The van der Waals surface area contributed by atoms with Crippen molar-refractivity contribution in [2.75, 3.05) is 6.54 Å². The molecule has 5 heteroatoms. The summed E-state index contributed by atoms with van der Waals surface area (Å²) in [5.41, 5.74) is 10.2. The van der Waals surface area contributed by atoms with E-state index in [1.807, 2.05) is 0 Å². The van der Waals surface area contributed by atoms with Gasteiger partial charge in [0, 0.05) is 6.42 Å². The molecule has 0 aliphatic heterocycles. The van der Waals surface area contributed by atoms with Crippen molar-refractivity contribution >= 4 is 32.7 Å². The van der Waals surface area contributed by atoms with Gasteiger partial charge in [-0.2, -0.15) is 0 Å². The van der Waals surface area contributed by atoms with Crippen LogP contribution >= 0.6 is 15.9 Å². The first kappa shape index (κ1) is 11.7. The van der Waals surface area contributed by atoms with E-state index in [2.05, 4.69) is 55.4 Å². The number of nitrogens with two attached hydrogens (primary N) is 1. The molecule has 0 atom stereocenters. The Hall–Kier alpha value is -1.33. The van der Waals surface area contributed by atoms with E-state index in [9.17, 15) is 0 Å². The molecule has 94 valence electrons. The molecular formula is C13H15BrN4. The van der Waals surface area contributed by atoms with Crippen LogP contribution in [0.4, 0.5) is 0 Å². The van der Waals surface area contributed by atoms with E-state index in [0.717, 1.165) is 39.9 Å². The fourth-order valence-electron chi connectivity index (χ4n) is 2.26. The predicted molar refractivity (Wildman–Crippen MR) is 76.9 cm³/mol. The van der Waals surface area contributed by atoms with Gasteiger partial charge in [-0.15, -0.1) is 0 Å². The molecule has 0 spiro atoms. The molecule has 0 fully saturated rings. The van der Waals surface area contributed by atoms with Crippen molar-refractivity contribution in [2.24, 2.45) is 5.73 Å². The van der Waals surface area contributed by atoms with E-state index in [4.69, 9.17) is 5.73 Å². The summed E-state index contributed by atoms with van der Waals surface area (Å²) in [7, 11) is 0. The maximum atomic E-state index is 5.60. The highest BCUT2D eigenvalue weighted by atomic mass is 79.9. The Morgan fingerprint density at radius 1 is 1.44 bits per heavy atom. The first-order valence-electron chi connectivity index (χ1n) is 6.12. The van der Waals surface area contributed by atoms with Crippen LogP contribution in [0.25, 0.3) is 16.8 Å². The number of aromatic nitrogens is 3. The highest BCUT2D eigenvalue weighted by Gasteiger charge is 2.13. The monoisotopic (exact) mass is 306 g/mol. The molecule has 0 radical (unpaired) electrons. The number of H-pyrrole nitrogens is 1. The fraction of sp³-hybridized carbons (Fsp3) is 0.308. The van der Waals surface area contributed by atoms with Crippen LogP contribution in [0.5, 0.6) is 0 Å². The number of nitrogens with one attached hydrogen (secondary N) is 1. The van der Waals surface area contributed by atoms with Gasteiger partial charge in [0.25, 0.3) is 0 Å². The summed E-state index contributed by atoms with van der Waals surface area (Å²) < 4.78 is 3.12. The lowest BCUT2D eigenvalue weighted by molar-refractivity contribution is 0.928. The van der Waals surface area contributed by atoms with E-state index in [-0.39, 0.29) is 0 Å². The minimum absolute atomic E-state index is 0.625. The van der Waals surface area contributed by atoms with Crippen LogP contribution in [-0.4, -0.2) is 20.9 Å². The molecule has 0 bridgehead atoms. The van der Waals surface area contributed by atoms with Crippen LogP contribution in [0.15, 0.2) is 22.8 Å². The van der Waals surface area contributed by atoms with Gasteiger partial charge in [0.2, 0.25) is 5.78 Å². The average Bonchev–Trinajstić information content (AvgIpc) is 2.87. The number of halogens is 1. The van der Waals surface area contributed by atoms with Gasteiger partial charge in [0.15, 0.2) is 0 Å². The van der Waals surface area contributed by atoms with Gasteiger partial charge in [-0.1, -0.05) is 13.0 Å². The van der Waals surface area contributed by atoms with Crippen molar-refractivity contribution in [1.82, 2.24) is 14.4 Å². The van der Waals surface area contributed by atoms with Crippen LogP contribution in [-0.2, 0) is 12.8 Å². The van der Waals surface area contributed by atoms with E-state index in [1.165, 1.54) is 5.56 Å². The van der Waals surface area contributed by atoms with E-state index in [0.29, 0.717) is 6.54 Å². The summed E-state index contributed by atoms with van der Waals surface area (Å²) in [6.45, 7) is 2.78. The van der Waals surface area contributed by atoms with Crippen LogP contribution in [0.2, 0.25) is 0 Å². The Bertz CT molecular complexity index is 710. The van der Waals surface area contributed by atoms with E-state index >= 15 is 0 Å². The third-order valence-electron chi connectivity index (χ3n) is 3.23. The van der Waals surface area contributed by atoms with Crippen LogP contribution < -0.4 is 5.73 Å². The standard InChI is InChI=1S/C13H15BrN4/c1-2-8-3-4-11-10(7-8)17-13-16-9(5-6-15)12(14)18(11)13/h3-4,7H,2,5-6,15H2,1H3,(H,16,17). The Kier molecular flexibility index (Phi) is 2.87. The summed E-state index contributed by atoms with van der Waals surface area (Å²) in [4.78, 5) is 7.94. The lowest BCUT2D eigenvalue weighted by atomic mass is 10.1. The van der Waals surface area contributed by atoms with Crippen molar-refractivity contribution in [3.63, 3.8) is 0 Å². The zero-order chi connectivity index (χ0) is 12.7. The zero-order valence-electron chi connectivity index (χ0n) is 10.2. The number of fused-ring (bicyclic) bond motifs is 3. The van der Waals surface area contributed by atoms with Gasteiger partial charge in [-0.05, 0) is 46.6 Å². The van der Waals surface area contributed by atoms with Crippen molar-refractivity contribution in [1.29, 1.82) is 0 Å². The van der Waals surface area contributed by atoms with Crippen molar-refractivity contribution < 1.29 is 0 Å². The third kappa shape index (κ3) is 1.66. The van der Waals surface area contributed by atoms with E-state index in [1.54, 1.807) is 0 Å². The van der Waals surface area contributed by atoms with Gasteiger partial charge in [-0.3, -0.25) is 4.40 Å². The molecule has 0 aliphatic carbocycles. The number of hydrogen-bond donors (Lipinski definition) is 2. The smallest absolute Gasteiger partial charge is 0.213 e. The lowest BCUT2D eigenvalue weighted by Gasteiger charge is -1.98. The zero-order valence-corrected chi connectivity index (χ0v) is 11.8. The number of rotatable bonds is 3. The minimum atomic E-state index is 0.625. The first-order valence-corrected chi connectivity index (χ1v) is 6.91. The number of benzene rings is 1. The summed E-state index contributed by atoms with van der Waals surface area (Å²) >= 11 is 3.62. The second kappa shape index (κ2) is 4.40. The minimum Gasteiger partial charge on any atom is -0.330 e. The summed E-state index contributed by atoms with van der Waals surface area (Å²) in [6.07, 6.45) is 1.85. The van der Waals surface area contributed by atoms with Crippen molar-refractivity contribution in [3.05, 3.63) is 34.1 Å². The van der Waals surface area contributed by atoms with Crippen molar-refractivity contribution in [3.8, 4) is 0 Å². The van der Waals surface area contributed by atoms with Crippen LogP contribution in [0.1, 0.15) is 18.2 Å². The first-order chi connectivity index (χ1) is 8.74. The molecule has 3 rings (SSSR count). The van der Waals surface area contributed by atoms with Gasteiger partial charge < -0.3 is 10.7 Å². The maximum Gasteiger partial charge on any atom is 0.213 e. The number of nitrogens with zero attached hydrogens (tertiary/aromatic N) is 2. The van der Waals surface area contributed by atoms with E-state index < -0.39 is 0 Å². The predicted octanol–water partition coefficient (Wildman–Crippen LogP) is 2.64. The molecule has 0 saturated heterocycles. The summed E-state index contributed by atoms with van der Waals surface area (Å²) in [6, 6.07) is 6.42.